The summed E-state index contributed by atoms with van der Waals surface area (Å²) in [7, 11) is 0. The second kappa shape index (κ2) is 7.51. The van der Waals surface area contributed by atoms with Gasteiger partial charge in [-0.15, -0.1) is 0 Å². The molecule has 0 amide bonds. The van der Waals surface area contributed by atoms with Crippen molar-refractivity contribution >= 4 is 5.95 Å². The fourth-order valence-corrected chi connectivity index (χ4v) is 3.73. The molecule has 30 heavy (non-hydrogen) atoms. The maximum Gasteiger partial charge on any atom is 0.232 e. The average molecular weight is 403 g/mol. The number of imidazole rings is 1. The molecule has 0 spiro atoms. The number of rotatable bonds is 5. The number of nitrogens with zero attached hydrogens (tertiary/aromatic N) is 6. The van der Waals surface area contributed by atoms with E-state index in [4.69, 9.17) is 15.5 Å². The second-order valence-corrected chi connectivity index (χ2v) is 6.95. The van der Waals surface area contributed by atoms with Crippen molar-refractivity contribution in [2.24, 2.45) is 0 Å². The molecule has 0 saturated heterocycles. The maximum absolute atomic E-state index is 13.5. The van der Waals surface area contributed by atoms with Gasteiger partial charge in [0.25, 0.3) is 0 Å². The fraction of sp³-hybridized carbons (Fsp3) is 0.190. The van der Waals surface area contributed by atoms with E-state index in [1.165, 1.54) is 12.1 Å². The molecule has 2 N–H and O–H groups in total. The van der Waals surface area contributed by atoms with Gasteiger partial charge in [-0.25, -0.2) is 24.3 Å². The number of anilines is 1. The predicted molar refractivity (Wildman–Crippen MR) is 108 cm³/mol. The molecule has 1 atom stereocenters. The summed E-state index contributed by atoms with van der Waals surface area (Å²) in [6, 6.07) is 8.11. The summed E-state index contributed by atoms with van der Waals surface area (Å²) in [5.41, 5.74) is 8.86. The SMILES string of the molecule is Nc1nccc(-c2c(-c3ccc(F)cc3)nc3n2C(COc2cnccn2)CC3)n1. The molecule has 5 rings (SSSR count). The zero-order chi connectivity index (χ0) is 20.5. The number of aryl methyl sites for hydroxylation is 1. The van der Waals surface area contributed by atoms with Gasteiger partial charge in [-0.05, 0) is 36.8 Å². The lowest BCUT2D eigenvalue weighted by molar-refractivity contribution is 0.246. The summed E-state index contributed by atoms with van der Waals surface area (Å²) in [6.07, 6.45) is 8.06. The van der Waals surface area contributed by atoms with E-state index in [1.807, 2.05) is 0 Å². The Morgan fingerprint density at radius 2 is 1.93 bits per heavy atom. The molecule has 4 heterocycles. The lowest BCUT2D eigenvalue weighted by atomic mass is 10.1. The standard InChI is InChI=1S/C21H18FN7O/c22-14-3-1-13(2-4-14)19-20(16-7-8-26-21(23)27-16)29-15(5-6-17(29)28-19)12-30-18-11-24-9-10-25-18/h1-4,7-11,15H,5-6,12H2,(H2,23,26,27). The number of nitrogens with two attached hydrogens (primary N) is 1. The smallest absolute Gasteiger partial charge is 0.232 e. The number of halogens is 1. The van der Waals surface area contributed by atoms with Gasteiger partial charge in [-0.1, -0.05) is 0 Å². The Labute approximate surface area is 171 Å². The highest BCUT2D eigenvalue weighted by molar-refractivity contribution is 5.78. The monoisotopic (exact) mass is 403 g/mol. The number of fused-ring (bicyclic) bond motifs is 1. The average Bonchev–Trinajstić information content (AvgIpc) is 3.33. The lowest BCUT2D eigenvalue weighted by Crippen LogP contribution is -2.15. The molecule has 0 saturated carbocycles. The van der Waals surface area contributed by atoms with E-state index in [0.717, 1.165) is 35.6 Å². The van der Waals surface area contributed by atoms with Gasteiger partial charge in [0.2, 0.25) is 11.8 Å². The predicted octanol–water partition coefficient (Wildman–Crippen LogP) is 3.08. The van der Waals surface area contributed by atoms with E-state index in [-0.39, 0.29) is 17.8 Å². The van der Waals surface area contributed by atoms with E-state index < -0.39 is 0 Å². The third kappa shape index (κ3) is 3.34. The number of ether oxygens (including phenoxy) is 1. The molecule has 1 unspecified atom stereocenters. The van der Waals surface area contributed by atoms with Crippen molar-refractivity contribution in [1.82, 2.24) is 29.5 Å². The third-order valence-corrected chi connectivity index (χ3v) is 5.05. The highest BCUT2D eigenvalue weighted by Crippen LogP contribution is 2.39. The fourth-order valence-electron chi connectivity index (χ4n) is 3.73. The Morgan fingerprint density at radius 1 is 1.07 bits per heavy atom. The van der Waals surface area contributed by atoms with Crippen LogP contribution in [0.25, 0.3) is 22.6 Å². The van der Waals surface area contributed by atoms with Crippen LogP contribution in [0, 0.1) is 5.82 Å². The zero-order valence-electron chi connectivity index (χ0n) is 15.9. The van der Waals surface area contributed by atoms with E-state index in [2.05, 4.69) is 24.5 Å². The van der Waals surface area contributed by atoms with Gasteiger partial charge >= 0.3 is 0 Å². The van der Waals surface area contributed by atoms with E-state index in [1.54, 1.807) is 43.0 Å². The van der Waals surface area contributed by atoms with Crippen LogP contribution in [0.4, 0.5) is 10.3 Å². The molecule has 9 heteroatoms. The first-order valence-corrected chi connectivity index (χ1v) is 9.54. The van der Waals surface area contributed by atoms with Crippen LogP contribution in [0.3, 0.4) is 0 Å². The molecule has 1 aliphatic rings. The van der Waals surface area contributed by atoms with Gasteiger partial charge in [-0.3, -0.25) is 4.98 Å². The van der Waals surface area contributed by atoms with Gasteiger partial charge in [0.15, 0.2) is 0 Å². The summed E-state index contributed by atoms with van der Waals surface area (Å²) in [5.74, 6) is 1.28. The maximum atomic E-state index is 13.5. The second-order valence-electron chi connectivity index (χ2n) is 6.95. The Kier molecular flexibility index (Phi) is 4.55. The summed E-state index contributed by atoms with van der Waals surface area (Å²) in [4.78, 5) is 21.5. The van der Waals surface area contributed by atoms with Crippen LogP contribution in [-0.4, -0.2) is 36.1 Å². The highest BCUT2D eigenvalue weighted by Gasteiger charge is 2.31. The molecule has 0 bridgehead atoms. The van der Waals surface area contributed by atoms with E-state index >= 15 is 0 Å². The Morgan fingerprint density at radius 3 is 2.70 bits per heavy atom. The molecular weight excluding hydrogens is 385 g/mol. The van der Waals surface area contributed by atoms with E-state index in [0.29, 0.717) is 18.2 Å². The Balaban J connectivity index is 1.58. The van der Waals surface area contributed by atoms with Crippen LogP contribution >= 0.6 is 0 Å². The third-order valence-electron chi connectivity index (χ3n) is 5.05. The number of benzene rings is 1. The molecule has 1 aromatic carbocycles. The van der Waals surface area contributed by atoms with Gasteiger partial charge in [0.05, 0.1) is 29.3 Å². The summed E-state index contributed by atoms with van der Waals surface area (Å²) in [5, 5.41) is 0. The van der Waals surface area contributed by atoms with E-state index in [9.17, 15) is 4.39 Å². The van der Waals surface area contributed by atoms with Crippen LogP contribution in [0.2, 0.25) is 0 Å². The molecule has 0 fully saturated rings. The molecule has 1 aliphatic heterocycles. The van der Waals surface area contributed by atoms with Gasteiger partial charge in [-0.2, -0.15) is 0 Å². The summed E-state index contributed by atoms with van der Waals surface area (Å²) < 4.78 is 21.5. The minimum Gasteiger partial charge on any atom is -0.474 e. The Hall–Kier alpha value is -3.88. The molecule has 3 aromatic heterocycles. The number of hydrogen-bond donors (Lipinski definition) is 1. The topological polar surface area (TPSA) is 105 Å². The van der Waals surface area contributed by atoms with Crippen molar-refractivity contribution in [2.75, 3.05) is 12.3 Å². The Bertz CT molecular complexity index is 1180. The van der Waals surface area contributed by atoms with Crippen molar-refractivity contribution < 1.29 is 9.13 Å². The molecule has 0 radical (unpaired) electrons. The molecule has 8 nitrogen and oxygen atoms in total. The zero-order valence-corrected chi connectivity index (χ0v) is 15.9. The summed E-state index contributed by atoms with van der Waals surface area (Å²) in [6.45, 7) is 0.415. The van der Waals surface area contributed by atoms with Crippen LogP contribution in [0.1, 0.15) is 18.3 Å². The van der Waals surface area contributed by atoms with Crippen molar-refractivity contribution in [3.63, 3.8) is 0 Å². The first kappa shape index (κ1) is 18.2. The van der Waals surface area contributed by atoms with Crippen LogP contribution in [-0.2, 0) is 6.42 Å². The number of nitrogen functional groups attached to an aromatic ring is 1. The number of hydrogen-bond acceptors (Lipinski definition) is 7. The first-order chi connectivity index (χ1) is 14.7. The van der Waals surface area contributed by atoms with Gasteiger partial charge in [0.1, 0.15) is 18.2 Å². The largest absolute Gasteiger partial charge is 0.474 e. The molecule has 4 aromatic rings. The van der Waals surface area contributed by atoms with Crippen molar-refractivity contribution in [3.8, 4) is 28.5 Å². The molecular formula is C21H18FN7O. The van der Waals surface area contributed by atoms with Gasteiger partial charge in [0, 0.05) is 30.6 Å². The minimum atomic E-state index is -0.298. The minimum absolute atomic E-state index is 0.0369. The highest BCUT2D eigenvalue weighted by atomic mass is 19.1. The summed E-state index contributed by atoms with van der Waals surface area (Å²) >= 11 is 0. The van der Waals surface area contributed by atoms with Gasteiger partial charge < -0.3 is 15.0 Å². The first-order valence-electron chi connectivity index (χ1n) is 9.54. The van der Waals surface area contributed by atoms with Crippen molar-refractivity contribution in [3.05, 3.63) is 66.8 Å². The quantitative estimate of drug-likeness (QED) is 0.546. The number of aromatic nitrogens is 6. The van der Waals surface area contributed by atoms with Crippen LogP contribution in [0.15, 0.2) is 55.1 Å². The van der Waals surface area contributed by atoms with Crippen LogP contribution in [0.5, 0.6) is 5.88 Å². The molecule has 0 aliphatic carbocycles. The molecule has 150 valence electrons. The lowest BCUT2D eigenvalue weighted by Gasteiger charge is -2.17. The van der Waals surface area contributed by atoms with Crippen LogP contribution < -0.4 is 10.5 Å². The van der Waals surface area contributed by atoms with Crippen molar-refractivity contribution in [1.29, 1.82) is 0 Å². The normalized spacial score (nSPS) is 15.2. The van der Waals surface area contributed by atoms with Crippen molar-refractivity contribution in [2.45, 2.75) is 18.9 Å².